The summed E-state index contributed by atoms with van der Waals surface area (Å²) in [4.78, 5) is 11.3. The molecule has 1 amide bonds. The summed E-state index contributed by atoms with van der Waals surface area (Å²) in [5.74, 6) is 0.133. The first-order chi connectivity index (χ1) is 7.16. The third kappa shape index (κ3) is 2.37. The molecule has 6 heteroatoms. The van der Waals surface area contributed by atoms with E-state index < -0.39 is 0 Å². The van der Waals surface area contributed by atoms with Gasteiger partial charge in [0.05, 0.1) is 23.3 Å². The summed E-state index contributed by atoms with van der Waals surface area (Å²) in [5, 5.41) is 10.8. The van der Waals surface area contributed by atoms with Crippen LogP contribution in [0.4, 0.5) is 0 Å². The first-order valence-electron chi connectivity index (χ1n) is 4.98. The van der Waals surface area contributed by atoms with Crippen LogP contribution < -0.4 is 5.32 Å². The van der Waals surface area contributed by atoms with Crippen LogP contribution in [0.1, 0.15) is 30.3 Å². The average molecular weight is 273 g/mol. The number of nitrogens with one attached hydrogen (secondary N) is 1. The fraction of sp³-hybridized carbons (Fsp3) is 0.667. The van der Waals surface area contributed by atoms with Crippen LogP contribution in [0.15, 0.2) is 6.20 Å². The van der Waals surface area contributed by atoms with Crippen LogP contribution in [0.5, 0.6) is 0 Å². The lowest BCUT2D eigenvalue weighted by molar-refractivity contribution is -0.119. The highest BCUT2D eigenvalue weighted by Gasteiger charge is 2.22. The number of alkyl halides is 1. The van der Waals surface area contributed by atoms with Gasteiger partial charge in [-0.2, -0.15) is 0 Å². The molecule has 0 aliphatic carbocycles. The number of hydrogen-bond acceptors (Lipinski definition) is 3. The maximum absolute atomic E-state index is 11.0. The molecule has 2 unspecified atom stereocenters. The normalized spacial score (nSPS) is 22.8. The van der Waals surface area contributed by atoms with Crippen LogP contribution in [-0.4, -0.2) is 26.9 Å². The second-order valence-corrected chi connectivity index (χ2v) is 5.13. The molecule has 0 radical (unpaired) electrons. The summed E-state index contributed by atoms with van der Waals surface area (Å²) >= 11 is 3.49. The molecule has 1 aliphatic heterocycles. The maximum atomic E-state index is 11.0. The zero-order valence-electron chi connectivity index (χ0n) is 8.48. The minimum Gasteiger partial charge on any atom is -0.351 e. The quantitative estimate of drug-likeness (QED) is 0.836. The Hall–Kier alpha value is -0.910. The van der Waals surface area contributed by atoms with Crippen LogP contribution in [0, 0.1) is 0 Å². The largest absolute Gasteiger partial charge is 0.351 e. The van der Waals surface area contributed by atoms with Gasteiger partial charge in [0.2, 0.25) is 5.91 Å². The zero-order chi connectivity index (χ0) is 10.8. The van der Waals surface area contributed by atoms with Crippen LogP contribution in [0.25, 0.3) is 0 Å². The Bertz CT molecular complexity index is 363. The lowest BCUT2D eigenvalue weighted by Gasteiger charge is -2.12. The van der Waals surface area contributed by atoms with Crippen molar-refractivity contribution in [1.29, 1.82) is 0 Å². The third-order valence-corrected chi connectivity index (χ3v) is 3.00. The molecule has 2 heterocycles. The molecule has 0 aromatic carbocycles. The number of nitrogens with zero attached hydrogens (tertiary/aromatic N) is 3. The lowest BCUT2D eigenvalue weighted by Crippen LogP contribution is -2.30. The molecule has 1 fully saturated rings. The molecule has 5 nitrogen and oxygen atoms in total. The van der Waals surface area contributed by atoms with Gasteiger partial charge in [-0.1, -0.05) is 21.1 Å². The molecule has 82 valence electrons. The monoisotopic (exact) mass is 272 g/mol. The van der Waals surface area contributed by atoms with Crippen molar-refractivity contribution < 1.29 is 4.79 Å². The van der Waals surface area contributed by atoms with Crippen molar-refractivity contribution >= 4 is 21.8 Å². The first kappa shape index (κ1) is 10.6. The number of carbonyl (C=O) groups excluding carboxylic acids is 1. The van der Waals surface area contributed by atoms with Gasteiger partial charge in [0, 0.05) is 12.5 Å². The molecule has 2 atom stereocenters. The van der Waals surface area contributed by atoms with Gasteiger partial charge in [-0.3, -0.25) is 4.79 Å². The van der Waals surface area contributed by atoms with Crippen molar-refractivity contribution in [2.75, 3.05) is 0 Å². The molecular weight excluding hydrogens is 260 g/mol. The Balaban J connectivity index is 2.04. The van der Waals surface area contributed by atoms with E-state index in [1.807, 2.05) is 11.6 Å². The van der Waals surface area contributed by atoms with Crippen molar-refractivity contribution in [2.45, 2.75) is 37.2 Å². The maximum Gasteiger partial charge on any atom is 0.220 e. The predicted molar refractivity (Wildman–Crippen MR) is 58.5 cm³/mol. The lowest BCUT2D eigenvalue weighted by atomic mass is 10.2. The Morgan fingerprint density at radius 2 is 2.60 bits per heavy atom. The number of halogens is 1. The summed E-state index contributed by atoms with van der Waals surface area (Å²) in [6, 6.07) is 0.198. The number of aromatic nitrogens is 3. The highest BCUT2D eigenvalue weighted by molar-refractivity contribution is 9.09. The fourth-order valence-electron chi connectivity index (χ4n) is 1.74. The fourth-order valence-corrected chi connectivity index (χ4v) is 2.09. The molecule has 1 saturated heterocycles. The van der Waals surface area contributed by atoms with Crippen LogP contribution in [0.2, 0.25) is 0 Å². The van der Waals surface area contributed by atoms with E-state index in [-0.39, 0.29) is 16.8 Å². The second-order valence-electron chi connectivity index (χ2n) is 3.76. The molecule has 1 aromatic rings. The van der Waals surface area contributed by atoms with Gasteiger partial charge in [-0.05, 0) is 13.3 Å². The van der Waals surface area contributed by atoms with Crippen molar-refractivity contribution in [3.05, 3.63) is 11.9 Å². The first-order valence-corrected chi connectivity index (χ1v) is 5.90. The number of amides is 1. The minimum atomic E-state index is 0.133. The predicted octanol–water partition coefficient (Wildman–Crippen LogP) is 1.01. The Morgan fingerprint density at radius 1 is 1.80 bits per heavy atom. The topological polar surface area (TPSA) is 59.8 Å². The zero-order valence-corrected chi connectivity index (χ0v) is 10.1. The SMILES string of the molecule is CC(Br)c1cnnn1CC1CCC(=O)N1. The summed E-state index contributed by atoms with van der Waals surface area (Å²) in [6.07, 6.45) is 3.25. The van der Waals surface area contributed by atoms with E-state index in [0.717, 1.165) is 12.1 Å². The number of hydrogen-bond donors (Lipinski definition) is 1. The molecule has 1 N–H and O–H groups in total. The van der Waals surface area contributed by atoms with Gasteiger partial charge >= 0.3 is 0 Å². The molecule has 2 rings (SSSR count). The Kier molecular flexibility index (Phi) is 3.04. The van der Waals surface area contributed by atoms with Crippen LogP contribution in [-0.2, 0) is 11.3 Å². The van der Waals surface area contributed by atoms with Gasteiger partial charge in [-0.25, -0.2) is 4.68 Å². The van der Waals surface area contributed by atoms with Crippen molar-refractivity contribution in [2.24, 2.45) is 0 Å². The van der Waals surface area contributed by atoms with Crippen LogP contribution in [0.3, 0.4) is 0 Å². The van der Waals surface area contributed by atoms with Crippen molar-refractivity contribution in [1.82, 2.24) is 20.3 Å². The van der Waals surface area contributed by atoms with Crippen molar-refractivity contribution in [3.63, 3.8) is 0 Å². The molecule has 15 heavy (non-hydrogen) atoms. The van der Waals surface area contributed by atoms with Crippen LogP contribution >= 0.6 is 15.9 Å². The van der Waals surface area contributed by atoms with Crippen molar-refractivity contribution in [3.8, 4) is 0 Å². The summed E-state index contributed by atoms with van der Waals surface area (Å²) < 4.78 is 1.84. The molecule has 1 aliphatic rings. The van der Waals surface area contributed by atoms with E-state index in [1.165, 1.54) is 0 Å². The van der Waals surface area contributed by atoms with E-state index in [2.05, 4.69) is 31.6 Å². The van der Waals surface area contributed by atoms with Gasteiger partial charge in [0.1, 0.15) is 0 Å². The highest BCUT2D eigenvalue weighted by Crippen LogP contribution is 2.21. The second kappa shape index (κ2) is 4.30. The summed E-state index contributed by atoms with van der Waals surface area (Å²) in [5.41, 5.74) is 1.04. The van der Waals surface area contributed by atoms with E-state index in [1.54, 1.807) is 6.20 Å². The molecule has 0 bridgehead atoms. The van der Waals surface area contributed by atoms with E-state index in [4.69, 9.17) is 0 Å². The molecule has 0 spiro atoms. The summed E-state index contributed by atoms with van der Waals surface area (Å²) in [7, 11) is 0. The standard InChI is InChI=1S/C9H13BrN4O/c1-6(10)8-4-11-13-14(8)5-7-2-3-9(15)12-7/h4,6-7H,2-3,5H2,1H3,(H,12,15). The molecule has 1 aromatic heterocycles. The highest BCUT2D eigenvalue weighted by atomic mass is 79.9. The Morgan fingerprint density at radius 3 is 3.20 bits per heavy atom. The van der Waals surface area contributed by atoms with Gasteiger partial charge in [-0.15, -0.1) is 5.10 Å². The molecular formula is C9H13BrN4O. The Labute approximate surface area is 96.4 Å². The molecule has 0 saturated carbocycles. The van der Waals surface area contributed by atoms with E-state index >= 15 is 0 Å². The van der Waals surface area contributed by atoms with Gasteiger partial charge in [0.25, 0.3) is 0 Å². The minimum absolute atomic E-state index is 0.133. The van der Waals surface area contributed by atoms with E-state index in [9.17, 15) is 4.79 Å². The van der Waals surface area contributed by atoms with Gasteiger partial charge in [0.15, 0.2) is 0 Å². The average Bonchev–Trinajstić information content (AvgIpc) is 2.75. The smallest absolute Gasteiger partial charge is 0.220 e. The number of rotatable bonds is 3. The summed E-state index contributed by atoms with van der Waals surface area (Å²) in [6.45, 7) is 2.74. The van der Waals surface area contributed by atoms with E-state index in [0.29, 0.717) is 13.0 Å². The third-order valence-electron chi connectivity index (χ3n) is 2.53. The number of carbonyl (C=O) groups is 1. The van der Waals surface area contributed by atoms with Gasteiger partial charge < -0.3 is 5.32 Å².